The topological polar surface area (TPSA) is 97.6 Å². The van der Waals surface area contributed by atoms with Crippen LogP contribution in [0.5, 0.6) is 0 Å². The van der Waals surface area contributed by atoms with E-state index in [2.05, 4.69) is 0 Å². The molecular weight excluding hydrogens is 334 g/mol. The average Bonchev–Trinajstić information content (AvgIpc) is 2.49. The van der Waals surface area contributed by atoms with Crippen LogP contribution in [-0.4, -0.2) is 38.0 Å². The van der Waals surface area contributed by atoms with Crippen molar-refractivity contribution < 1.29 is 26.9 Å². The predicted octanol–water partition coefficient (Wildman–Crippen LogP) is 2.01. The zero-order valence-corrected chi connectivity index (χ0v) is 12.9. The summed E-state index contributed by atoms with van der Waals surface area (Å²) in [6, 6.07) is 2.69. The number of benzene rings is 1. The zero-order chi connectivity index (χ0) is 17.4. The summed E-state index contributed by atoms with van der Waals surface area (Å²) in [4.78, 5) is 22.7. The monoisotopic (exact) mass is 348 g/mol. The second kappa shape index (κ2) is 6.19. The molecule has 0 aromatic heterocycles. The fourth-order valence-corrected chi connectivity index (χ4v) is 3.17. The number of hydrogen-bond donors (Lipinski definition) is 0. The van der Waals surface area contributed by atoms with E-state index in [0.29, 0.717) is 6.07 Å². The highest BCUT2D eigenvalue weighted by molar-refractivity contribution is 7.91. The van der Waals surface area contributed by atoms with Gasteiger partial charge in [-0.05, 0) is 12.1 Å². The van der Waals surface area contributed by atoms with Gasteiger partial charge in [0.05, 0.1) is 9.82 Å². The highest BCUT2D eigenvalue weighted by atomic mass is 32.2. The molecule has 0 bridgehead atoms. The van der Waals surface area contributed by atoms with Gasteiger partial charge in [0.15, 0.2) is 0 Å². The Morgan fingerprint density at radius 1 is 1.39 bits per heavy atom. The number of alkyl halides is 2. The van der Waals surface area contributed by atoms with Crippen molar-refractivity contribution in [3.63, 3.8) is 0 Å². The van der Waals surface area contributed by atoms with E-state index in [1.165, 1.54) is 0 Å². The summed E-state index contributed by atoms with van der Waals surface area (Å²) >= 11 is 0. The van der Waals surface area contributed by atoms with Crippen molar-refractivity contribution in [2.24, 2.45) is 5.92 Å². The van der Waals surface area contributed by atoms with Crippen molar-refractivity contribution >= 4 is 27.0 Å². The number of nitrogens with zero attached hydrogens (tertiary/aromatic N) is 2. The number of carbonyl (C=O) groups excluding carboxylic acids is 1. The van der Waals surface area contributed by atoms with Gasteiger partial charge in [-0.3, -0.25) is 14.9 Å². The number of nitro benzene ring substituents is 1. The number of sulfone groups is 1. The molecule has 7 nitrogen and oxygen atoms in total. The van der Waals surface area contributed by atoms with E-state index in [-0.39, 0.29) is 36.9 Å². The number of halogens is 2. The van der Waals surface area contributed by atoms with Crippen molar-refractivity contribution in [3.8, 4) is 0 Å². The molecule has 1 fully saturated rings. The third-order valence-electron chi connectivity index (χ3n) is 3.72. The highest BCUT2D eigenvalue weighted by Gasteiger charge is 2.32. The van der Waals surface area contributed by atoms with E-state index < -0.39 is 31.1 Å². The molecule has 0 N–H and O–H groups in total. The molecule has 126 valence electrons. The van der Waals surface area contributed by atoms with Crippen LogP contribution in [0.2, 0.25) is 0 Å². The first kappa shape index (κ1) is 17.3. The minimum atomic E-state index is -4.91. The van der Waals surface area contributed by atoms with Crippen LogP contribution >= 0.6 is 0 Å². The Morgan fingerprint density at radius 2 is 2.04 bits per heavy atom. The Bertz CT molecular complexity index is 751. The lowest BCUT2D eigenvalue weighted by molar-refractivity contribution is -0.384. The highest BCUT2D eigenvalue weighted by Crippen LogP contribution is 2.34. The number of nitro groups is 1. The standard InChI is InChI=1S/C13H14F2N2O5S/c1-8-7-16(5-4-12(8)18)10-3-2-9(6-11(10)17(19)20)23(21,22)13(14)15/h2-3,6,8,13H,4-5,7H2,1H3. The molecule has 23 heavy (non-hydrogen) atoms. The number of carbonyl (C=O) groups is 1. The third kappa shape index (κ3) is 3.31. The van der Waals surface area contributed by atoms with Gasteiger partial charge in [0.2, 0.25) is 9.84 Å². The van der Waals surface area contributed by atoms with Crippen LogP contribution in [0, 0.1) is 16.0 Å². The quantitative estimate of drug-likeness (QED) is 0.610. The van der Waals surface area contributed by atoms with Crippen molar-refractivity contribution in [2.45, 2.75) is 24.0 Å². The van der Waals surface area contributed by atoms with Crippen LogP contribution in [0.1, 0.15) is 13.3 Å². The Balaban J connectivity index is 2.46. The maximum absolute atomic E-state index is 12.6. The second-order valence-corrected chi connectivity index (χ2v) is 7.19. The molecule has 0 radical (unpaired) electrons. The summed E-state index contributed by atoms with van der Waals surface area (Å²) < 4.78 is 48.1. The summed E-state index contributed by atoms with van der Waals surface area (Å²) in [7, 11) is -4.91. The molecule has 0 saturated carbocycles. The van der Waals surface area contributed by atoms with Gasteiger partial charge in [-0.25, -0.2) is 8.42 Å². The lowest BCUT2D eigenvalue weighted by atomic mass is 9.98. The zero-order valence-electron chi connectivity index (χ0n) is 12.1. The third-order valence-corrected chi connectivity index (χ3v) is 5.10. The largest absolute Gasteiger partial charge is 0.365 e. The maximum atomic E-state index is 12.6. The maximum Gasteiger partial charge on any atom is 0.341 e. The van der Waals surface area contributed by atoms with Crippen LogP contribution < -0.4 is 4.90 Å². The number of hydrogen-bond acceptors (Lipinski definition) is 6. The smallest absolute Gasteiger partial charge is 0.341 e. The molecule has 1 heterocycles. The fourth-order valence-electron chi connectivity index (χ4n) is 2.43. The molecule has 1 aromatic rings. The molecule has 2 rings (SSSR count). The van der Waals surface area contributed by atoms with Gasteiger partial charge in [-0.1, -0.05) is 6.92 Å². The molecule has 1 unspecified atom stereocenters. The van der Waals surface area contributed by atoms with Crippen LogP contribution in [0.4, 0.5) is 20.2 Å². The van der Waals surface area contributed by atoms with E-state index in [1.54, 1.807) is 11.8 Å². The van der Waals surface area contributed by atoms with E-state index in [0.717, 1.165) is 12.1 Å². The normalized spacial score (nSPS) is 19.2. The molecule has 0 amide bonds. The Morgan fingerprint density at radius 3 is 2.57 bits per heavy atom. The molecule has 10 heteroatoms. The minimum Gasteiger partial charge on any atom is -0.365 e. The van der Waals surface area contributed by atoms with Gasteiger partial charge < -0.3 is 4.90 Å². The lowest BCUT2D eigenvalue weighted by Crippen LogP contribution is -2.39. The summed E-state index contributed by atoms with van der Waals surface area (Å²) in [5.41, 5.74) is -0.462. The number of rotatable bonds is 4. The Kier molecular flexibility index (Phi) is 4.64. The van der Waals surface area contributed by atoms with E-state index in [1.807, 2.05) is 0 Å². The molecule has 1 saturated heterocycles. The Labute approximate surface area is 131 Å². The number of ketones is 1. The Hall–Kier alpha value is -2.10. The minimum absolute atomic E-state index is 0.0424. The molecule has 1 aliphatic heterocycles. The first-order valence-electron chi connectivity index (χ1n) is 6.72. The SMILES string of the molecule is CC1CN(c2ccc(S(=O)(=O)C(F)F)cc2[N+](=O)[O-])CCC1=O. The molecule has 1 aromatic carbocycles. The molecule has 0 spiro atoms. The van der Waals surface area contributed by atoms with Crippen LogP contribution in [-0.2, 0) is 14.6 Å². The first-order valence-corrected chi connectivity index (χ1v) is 8.27. The first-order chi connectivity index (χ1) is 10.6. The van der Waals surface area contributed by atoms with Crippen molar-refractivity contribution in [1.82, 2.24) is 0 Å². The van der Waals surface area contributed by atoms with Crippen molar-refractivity contribution in [2.75, 3.05) is 18.0 Å². The van der Waals surface area contributed by atoms with Crippen LogP contribution in [0.3, 0.4) is 0 Å². The van der Waals surface area contributed by atoms with Gasteiger partial charge in [0, 0.05) is 31.5 Å². The van der Waals surface area contributed by atoms with Gasteiger partial charge in [-0.15, -0.1) is 0 Å². The van der Waals surface area contributed by atoms with E-state index in [9.17, 15) is 32.1 Å². The number of piperidine rings is 1. The number of anilines is 1. The van der Waals surface area contributed by atoms with Gasteiger partial charge in [0.25, 0.3) is 5.69 Å². The van der Waals surface area contributed by atoms with Gasteiger partial charge >= 0.3 is 5.76 Å². The summed E-state index contributed by atoms with van der Waals surface area (Å²) in [6.45, 7) is 2.20. The second-order valence-electron chi connectivity index (χ2n) is 5.28. The van der Waals surface area contributed by atoms with Crippen LogP contribution in [0.25, 0.3) is 0 Å². The molecule has 1 atom stereocenters. The fraction of sp³-hybridized carbons (Fsp3) is 0.462. The van der Waals surface area contributed by atoms with E-state index in [4.69, 9.17) is 0 Å². The molecular formula is C13H14F2N2O5S. The van der Waals surface area contributed by atoms with Crippen LogP contribution in [0.15, 0.2) is 23.1 Å². The average molecular weight is 348 g/mol. The van der Waals surface area contributed by atoms with Crippen molar-refractivity contribution in [3.05, 3.63) is 28.3 Å². The lowest BCUT2D eigenvalue weighted by Gasteiger charge is -2.31. The summed E-state index contributed by atoms with van der Waals surface area (Å²) in [5, 5.41) is 11.2. The molecule has 1 aliphatic rings. The molecule has 0 aliphatic carbocycles. The van der Waals surface area contributed by atoms with Gasteiger partial charge in [-0.2, -0.15) is 8.78 Å². The summed E-state index contributed by atoms with van der Waals surface area (Å²) in [5.74, 6) is -3.92. The predicted molar refractivity (Wildman–Crippen MR) is 77.3 cm³/mol. The summed E-state index contributed by atoms with van der Waals surface area (Å²) in [6.07, 6.45) is 0.218. The van der Waals surface area contributed by atoms with Crippen molar-refractivity contribution in [1.29, 1.82) is 0 Å². The number of Topliss-reactive ketones (excluding diaryl/α,β-unsaturated/α-hetero) is 1. The van der Waals surface area contributed by atoms with Gasteiger partial charge in [0.1, 0.15) is 11.5 Å². The van der Waals surface area contributed by atoms with E-state index >= 15 is 0 Å².